The van der Waals surface area contributed by atoms with Crippen molar-refractivity contribution in [3.05, 3.63) is 60.4 Å². The van der Waals surface area contributed by atoms with E-state index in [0.29, 0.717) is 29.3 Å². The molecule has 1 amide bonds. The highest BCUT2D eigenvalue weighted by atomic mass is 16.5. The molecule has 0 N–H and O–H groups in total. The van der Waals surface area contributed by atoms with Gasteiger partial charge in [-0.2, -0.15) is 10.4 Å². The number of hydrogen-bond donors (Lipinski definition) is 0. The number of aromatic nitrogens is 2. The van der Waals surface area contributed by atoms with Crippen LogP contribution in [0, 0.1) is 11.3 Å². The van der Waals surface area contributed by atoms with Gasteiger partial charge in [-0.1, -0.05) is 24.3 Å². The van der Waals surface area contributed by atoms with Gasteiger partial charge >= 0.3 is 0 Å². The number of hydrogen-bond acceptors (Lipinski definition) is 5. The van der Waals surface area contributed by atoms with E-state index >= 15 is 0 Å². The maximum absolute atomic E-state index is 13.1. The van der Waals surface area contributed by atoms with E-state index in [1.807, 2.05) is 48.7 Å². The van der Waals surface area contributed by atoms with Crippen LogP contribution in [0.2, 0.25) is 0 Å². The molecule has 0 aliphatic heterocycles. The Morgan fingerprint density at radius 2 is 1.86 bits per heavy atom. The molecule has 7 heteroatoms. The summed E-state index contributed by atoms with van der Waals surface area (Å²) in [5.41, 5.74) is 2.60. The van der Waals surface area contributed by atoms with E-state index in [4.69, 9.17) is 14.7 Å². The molecule has 0 radical (unpaired) electrons. The molecule has 0 fully saturated rings. The molecule has 148 valence electrons. The minimum Gasteiger partial charge on any atom is -0.493 e. The van der Waals surface area contributed by atoms with Crippen LogP contribution in [0.3, 0.4) is 0 Å². The zero-order chi connectivity index (χ0) is 20.8. The number of nitrogens with zero attached hydrogens (tertiary/aromatic N) is 4. The third-order valence-corrected chi connectivity index (χ3v) is 4.54. The van der Waals surface area contributed by atoms with Gasteiger partial charge in [0.05, 0.1) is 32.4 Å². The van der Waals surface area contributed by atoms with Crippen molar-refractivity contribution >= 4 is 5.91 Å². The summed E-state index contributed by atoms with van der Waals surface area (Å²) in [7, 11) is 4.81. The fourth-order valence-corrected chi connectivity index (χ4v) is 2.96. The van der Waals surface area contributed by atoms with Crippen LogP contribution in [-0.4, -0.2) is 48.4 Å². The number of nitriles is 1. The molecule has 7 nitrogen and oxygen atoms in total. The highest BCUT2D eigenvalue weighted by Crippen LogP contribution is 2.34. The van der Waals surface area contributed by atoms with E-state index in [1.165, 1.54) is 4.90 Å². The highest BCUT2D eigenvalue weighted by molar-refractivity contribution is 5.99. The molecule has 0 saturated carbocycles. The molecule has 0 aliphatic carbocycles. The largest absolute Gasteiger partial charge is 0.493 e. The highest BCUT2D eigenvalue weighted by Gasteiger charge is 2.22. The van der Waals surface area contributed by atoms with E-state index in [1.54, 1.807) is 32.0 Å². The number of carbonyl (C=O) groups is 1. The predicted octanol–water partition coefficient (Wildman–Crippen LogP) is 3.54. The van der Waals surface area contributed by atoms with Crippen molar-refractivity contribution in [2.45, 2.75) is 6.42 Å². The number of rotatable bonds is 7. The normalized spacial score (nSPS) is 10.3. The SMILES string of the molecule is COc1ccc(-c2cn(-c3ccccc3)nc2C(=O)N(C)CCC#N)cc1OC. The summed E-state index contributed by atoms with van der Waals surface area (Å²) < 4.78 is 12.4. The lowest BCUT2D eigenvalue weighted by molar-refractivity contribution is 0.0792. The van der Waals surface area contributed by atoms with Crippen molar-refractivity contribution in [3.8, 4) is 34.4 Å². The topological polar surface area (TPSA) is 80.4 Å². The van der Waals surface area contributed by atoms with Crippen molar-refractivity contribution in [1.29, 1.82) is 5.26 Å². The Bertz CT molecular complexity index is 1040. The summed E-state index contributed by atoms with van der Waals surface area (Å²) in [6, 6.07) is 17.1. The number of carbonyl (C=O) groups excluding carboxylic acids is 1. The summed E-state index contributed by atoms with van der Waals surface area (Å²) in [5, 5.41) is 13.4. The van der Waals surface area contributed by atoms with Gasteiger partial charge in [0.2, 0.25) is 0 Å². The van der Waals surface area contributed by atoms with Crippen LogP contribution in [0.4, 0.5) is 0 Å². The van der Waals surface area contributed by atoms with Gasteiger partial charge in [-0.15, -0.1) is 0 Å². The quantitative estimate of drug-likeness (QED) is 0.616. The molecule has 0 atom stereocenters. The summed E-state index contributed by atoms with van der Waals surface area (Å²) in [5.74, 6) is 0.916. The van der Waals surface area contributed by atoms with Gasteiger partial charge in [0.15, 0.2) is 17.2 Å². The molecule has 1 aromatic heterocycles. The molecule has 3 aromatic rings. The van der Waals surface area contributed by atoms with Gasteiger partial charge < -0.3 is 14.4 Å². The van der Waals surface area contributed by atoms with E-state index in [9.17, 15) is 4.79 Å². The third-order valence-electron chi connectivity index (χ3n) is 4.54. The summed E-state index contributed by atoms with van der Waals surface area (Å²) in [6.45, 7) is 0.332. The Morgan fingerprint density at radius 1 is 1.14 bits per heavy atom. The first-order chi connectivity index (χ1) is 14.1. The Labute approximate surface area is 169 Å². The second-order valence-corrected chi connectivity index (χ2v) is 6.38. The van der Waals surface area contributed by atoms with Gasteiger partial charge in [-0.3, -0.25) is 4.79 Å². The molecule has 3 rings (SSSR count). The van der Waals surface area contributed by atoms with Gasteiger partial charge in [0.1, 0.15) is 0 Å². The smallest absolute Gasteiger partial charge is 0.274 e. The summed E-state index contributed by atoms with van der Waals surface area (Å²) in [6.07, 6.45) is 2.08. The third kappa shape index (κ3) is 4.22. The first-order valence-corrected chi connectivity index (χ1v) is 9.09. The number of benzene rings is 2. The number of methoxy groups -OCH3 is 2. The average Bonchev–Trinajstić information content (AvgIpc) is 3.22. The molecular formula is C22H22N4O3. The monoisotopic (exact) mass is 390 g/mol. The number of amides is 1. The van der Waals surface area contributed by atoms with E-state index in [2.05, 4.69) is 11.2 Å². The first-order valence-electron chi connectivity index (χ1n) is 9.09. The molecule has 2 aromatic carbocycles. The van der Waals surface area contributed by atoms with Crippen LogP contribution in [0.25, 0.3) is 16.8 Å². The standard InChI is InChI=1S/C22H22N4O3/c1-25(13-7-12-23)22(27)21-18(15-26(24-21)17-8-5-4-6-9-17)16-10-11-19(28-2)20(14-16)29-3/h4-6,8-11,14-15H,7,13H2,1-3H3. The molecule has 0 aliphatic rings. The summed E-state index contributed by atoms with van der Waals surface area (Å²) >= 11 is 0. The number of ether oxygens (including phenoxy) is 2. The van der Waals surface area contributed by atoms with E-state index in [-0.39, 0.29) is 12.3 Å². The zero-order valence-corrected chi connectivity index (χ0v) is 16.6. The van der Waals surface area contributed by atoms with Crippen LogP contribution in [0.15, 0.2) is 54.7 Å². The van der Waals surface area contributed by atoms with Crippen LogP contribution < -0.4 is 9.47 Å². The fraction of sp³-hybridized carbons (Fsp3) is 0.227. The zero-order valence-electron chi connectivity index (χ0n) is 16.6. The van der Waals surface area contributed by atoms with Crippen LogP contribution in [0.1, 0.15) is 16.9 Å². The lowest BCUT2D eigenvalue weighted by atomic mass is 10.0. The molecule has 1 heterocycles. The maximum Gasteiger partial charge on any atom is 0.274 e. The van der Waals surface area contributed by atoms with Crippen molar-refractivity contribution in [2.75, 3.05) is 27.8 Å². The van der Waals surface area contributed by atoms with Crippen molar-refractivity contribution in [3.63, 3.8) is 0 Å². The Hall–Kier alpha value is -3.79. The molecule has 0 saturated heterocycles. The molecule has 0 unspecified atom stereocenters. The van der Waals surface area contributed by atoms with Crippen molar-refractivity contribution < 1.29 is 14.3 Å². The van der Waals surface area contributed by atoms with Crippen molar-refractivity contribution in [1.82, 2.24) is 14.7 Å². The van der Waals surface area contributed by atoms with Crippen LogP contribution >= 0.6 is 0 Å². The Balaban J connectivity index is 2.10. The minimum absolute atomic E-state index is 0.250. The fourth-order valence-electron chi connectivity index (χ4n) is 2.96. The lowest BCUT2D eigenvalue weighted by Crippen LogP contribution is -2.28. The van der Waals surface area contributed by atoms with Gasteiger partial charge in [-0.25, -0.2) is 4.68 Å². The minimum atomic E-state index is -0.250. The van der Waals surface area contributed by atoms with Gasteiger partial charge in [0.25, 0.3) is 5.91 Å². The molecule has 0 spiro atoms. The Morgan fingerprint density at radius 3 is 2.52 bits per heavy atom. The second kappa shape index (κ2) is 8.93. The lowest BCUT2D eigenvalue weighted by Gasteiger charge is -2.15. The van der Waals surface area contributed by atoms with Crippen LogP contribution in [0.5, 0.6) is 11.5 Å². The predicted molar refractivity (Wildman–Crippen MR) is 109 cm³/mol. The van der Waals surface area contributed by atoms with Gasteiger partial charge in [-0.05, 0) is 29.8 Å². The molecular weight excluding hydrogens is 368 g/mol. The molecule has 0 bridgehead atoms. The van der Waals surface area contributed by atoms with E-state index in [0.717, 1.165) is 11.3 Å². The first kappa shape index (κ1) is 20.0. The van der Waals surface area contributed by atoms with E-state index < -0.39 is 0 Å². The average molecular weight is 390 g/mol. The Kier molecular flexibility index (Phi) is 6.15. The van der Waals surface area contributed by atoms with Gasteiger partial charge in [0, 0.05) is 25.4 Å². The second-order valence-electron chi connectivity index (χ2n) is 6.38. The molecule has 29 heavy (non-hydrogen) atoms. The maximum atomic E-state index is 13.1. The van der Waals surface area contributed by atoms with Crippen molar-refractivity contribution in [2.24, 2.45) is 0 Å². The van der Waals surface area contributed by atoms with Crippen LogP contribution in [-0.2, 0) is 0 Å². The number of para-hydroxylation sites is 1. The summed E-state index contributed by atoms with van der Waals surface area (Å²) in [4.78, 5) is 14.6.